The van der Waals surface area contributed by atoms with Crippen molar-refractivity contribution in [1.82, 2.24) is 10.3 Å². The van der Waals surface area contributed by atoms with Gasteiger partial charge in [-0.15, -0.1) is 0 Å². The van der Waals surface area contributed by atoms with Crippen LogP contribution in [0.2, 0.25) is 0 Å². The third-order valence-corrected chi connectivity index (χ3v) is 2.97. The highest BCUT2D eigenvalue weighted by Crippen LogP contribution is 2.11. The zero-order valence-corrected chi connectivity index (χ0v) is 11.0. The number of methoxy groups -OCH3 is 1. The van der Waals surface area contributed by atoms with Crippen LogP contribution in [-0.4, -0.2) is 43.8 Å². The molecule has 19 heavy (non-hydrogen) atoms. The molecule has 6 nitrogen and oxygen atoms in total. The molecule has 1 amide bonds. The maximum atomic E-state index is 11.7. The molecule has 6 heteroatoms. The van der Waals surface area contributed by atoms with Crippen molar-refractivity contribution < 1.29 is 14.3 Å². The second-order valence-electron chi connectivity index (χ2n) is 4.40. The second-order valence-corrected chi connectivity index (χ2v) is 4.40. The van der Waals surface area contributed by atoms with Crippen LogP contribution in [-0.2, 0) is 9.53 Å². The van der Waals surface area contributed by atoms with Crippen molar-refractivity contribution in [3.05, 3.63) is 18.3 Å². The van der Waals surface area contributed by atoms with E-state index in [9.17, 15) is 4.79 Å². The zero-order chi connectivity index (χ0) is 13.5. The quantitative estimate of drug-likeness (QED) is 0.824. The molecule has 1 saturated heterocycles. The molecular weight excluding hydrogens is 246 g/mol. The minimum atomic E-state index is -0.162. The number of rotatable bonds is 5. The standard InChI is InChI=1S/C13H19N3O3/c1-18-13-3-2-10(8-15-13)16-12(17)9-19-11-4-6-14-7-5-11/h2-3,8,11,14H,4-7,9H2,1H3,(H,16,17). The largest absolute Gasteiger partial charge is 0.481 e. The van der Waals surface area contributed by atoms with E-state index in [1.54, 1.807) is 25.4 Å². The summed E-state index contributed by atoms with van der Waals surface area (Å²) in [5, 5.41) is 5.99. The van der Waals surface area contributed by atoms with Crippen molar-refractivity contribution in [2.24, 2.45) is 0 Å². The normalized spacial score (nSPS) is 16.1. The van der Waals surface area contributed by atoms with Gasteiger partial charge in [0.15, 0.2) is 0 Å². The predicted octanol–water partition coefficient (Wildman–Crippen LogP) is 0.797. The Balaban J connectivity index is 1.73. The highest BCUT2D eigenvalue weighted by atomic mass is 16.5. The summed E-state index contributed by atoms with van der Waals surface area (Å²) in [5.41, 5.74) is 0.639. The summed E-state index contributed by atoms with van der Waals surface area (Å²) < 4.78 is 10.5. The molecule has 2 N–H and O–H groups in total. The molecule has 0 radical (unpaired) electrons. The first-order valence-corrected chi connectivity index (χ1v) is 6.40. The number of nitrogens with zero attached hydrogens (tertiary/aromatic N) is 1. The first-order valence-electron chi connectivity index (χ1n) is 6.40. The van der Waals surface area contributed by atoms with Gasteiger partial charge < -0.3 is 20.1 Å². The topological polar surface area (TPSA) is 72.5 Å². The summed E-state index contributed by atoms with van der Waals surface area (Å²) in [6.07, 6.45) is 3.65. The Bertz CT molecular complexity index is 402. The first-order chi connectivity index (χ1) is 9.28. The predicted molar refractivity (Wildman–Crippen MR) is 71.3 cm³/mol. The van der Waals surface area contributed by atoms with Crippen LogP contribution >= 0.6 is 0 Å². The molecule has 0 bridgehead atoms. The minimum absolute atomic E-state index is 0.0801. The van der Waals surface area contributed by atoms with E-state index < -0.39 is 0 Å². The highest BCUT2D eigenvalue weighted by molar-refractivity contribution is 5.91. The van der Waals surface area contributed by atoms with E-state index in [4.69, 9.17) is 9.47 Å². The fourth-order valence-corrected chi connectivity index (χ4v) is 1.93. The van der Waals surface area contributed by atoms with E-state index in [0.717, 1.165) is 25.9 Å². The Kier molecular flexibility index (Phi) is 5.11. The number of hydrogen-bond donors (Lipinski definition) is 2. The number of ether oxygens (including phenoxy) is 2. The lowest BCUT2D eigenvalue weighted by molar-refractivity contribution is -0.123. The van der Waals surface area contributed by atoms with Crippen LogP contribution in [0.3, 0.4) is 0 Å². The lowest BCUT2D eigenvalue weighted by atomic mass is 10.1. The van der Waals surface area contributed by atoms with Gasteiger partial charge in [0, 0.05) is 6.07 Å². The maximum absolute atomic E-state index is 11.7. The number of aromatic nitrogens is 1. The number of hydrogen-bond acceptors (Lipinski definition) is 5. The van der Waals surface area contributed by atoms with Crippen LogP contribution in [0.1, 0.15) is 12.8 Å². The third kappa shape index (κ3) is 4.50. The Morgan fingerprint density at radius 3 is 2.89 bits per heavy atom. The number of nitrogens with one attached hydrogen (secondary N) is 2. The molecule has 0 atom stereocenters. The van der Waals surface area contributed by atoms with E-state index in [1.807, 2.05) is 0 Å². The molecule has 0 unspecified atom stereocenters. The molecular formula is C13H19N3O3. The van der Waals surface area contributed by atoms with Gasteiger partial charge in [0.05, 0.1) is 25.1 Å². The SMILES string of the molecule is COc1ccc(NC(=O)COC2CCNCC2)cn1. The average molecular weight is 265 g/mol. The van der Waals surface area contributed by atoms with Crippen LogP contribution in [0.15, 0.2) is 18.3 Å². The Hall–Kier alpha value is -1.66. The van der Waals surface area contributed by atoms with Crippen molar-refractivity contribution in [2.45, 2.75) is 18.9 Å². The van der Waals surface area contributed by atoms with Gasteiger partial charge in [-0.25, -0.2) is 4.98 Å². The van der Waals surface area contributed by atoms with Gasteiger partial charge in [-0.3, -0.25) is 4.79 Å². The minimum Gasteiger partial charge on any atom is -0.481 e. The van der Waals surface area contributed by atoms with Crippen molar-refractivity contribution in [2.75, 3.05) is 32.1 Å². The first kappa shape index (κ1) is 13.8. The van der Waals surface area contributed by atoms with E-state index in [0.29, 0.717) is 11.6 Å². The number of piperidine rings is 1. The number of carbonyl (C=O) groups excluding carboxylic acids is 1. The number of anilines is 1. The number of carbonyl (C=O) groups is 1. The summed E-state index contributed by atoms with van der Waals surface area (Å²) in [7, 11) is 1.55. The van der Waals surface area contributed by atoms with Gasteiger partial charge >= 0.3 is 0 Å². The second kappa shape index (κ2) is 7.06. The number of pyridine rings is 1. The van der Waals surface area contributed by atoms with Gasteiger partial charge in [0.2, 0.25) is 11.8 Å². The molecule has 2 rings (SSSR count). The molecule has 1 fully saturated rings. The summed E-state index contributed by atoms with van der Waals surface area (Å²) in [6.45, 7) is 1.99. The molecule has 1 aliphatic heterocycles. The lowest BCUT2D eigenvalue weighted by Crippen LogP contribution is -2.34. The molecule has 104 valence electrons. The Morgan fingerprint density at radius 1 is 1.47 bits per heavy atom. The summed E-state index contributed by atoms with van der Waals surface area (Å²) in [4.78, 5) is 15.7. The smallest absolute Gasteiger partial charge is 0.250 e. The molecule has 1 aliphatic rings. The van der Waals surface area contributed by atoms with E-state index in [-0.39, 0.29) is 18.6 Å². The van der Waals surface area contributed by atoms with Crippen molar-refractivity contribution >= 4 is 11.6 Å². The van der Waals surface area contributed by atoms with Gasteiger partial charge in [0.25, 0.3) is 0 Å². The molecule has 1 aromatic rings. The van der Waals surface area contributed by atoms with Crippen LogP contribution in [0.25, 0.3) is 0 Å². The summed E-state index contributed by atoms with van der Waals surface area (Å²) >= 11 is 0. The van der Waals surface area contributed by atoms with E-state index in [1.165, 1.54) is 0 Å². The van der Waals surface area contributed by atoms with E-state index in [2.05, 4.69) is 15.6 Å². The molecule has 0 spiro atoms. The molecule has 2 heterocycles. The van der Waals surface area contributed by atoms with Gasteiger partial charge in [0.1, 0.15) is 6.61 Å². The van der Waals surface area contributed by atoms with Crippen LogP contribution in [0, 0.1) is 0 Å². The third-order valence-electron chi connectivity index (χ3n) is 2.97. The molecule has 0 aromatic carbocycles. The monoisotopic (exact) mass is 265 g/mol. The number of amides is 1. The lowest BCUT2D eigenvalue weighted by Gasteiger charge is -2.22. The Labute approximate surface area is 112 Å². The highest BCUT2D eigenvalue weighted by Gasteiger charge is 2.14. The van der Waals surface area contributed by atoms with Crippen molar-refractivity contribution in [1.29, 1.82) is 0 Å². The zero-order valence-electron chi connectivity index (χ0n) is 11.0. The van der Waals surface area contributed by atoms with Crippen LogP contribution < -0.4 is 15.4 Å². The van der Waals surface area contributed by atoms with Crippen molar-refractivity contribution in [3.8, 4) is 5.88 Å². The molecule has 0 saturated carbocycles. The Morgan fingerprint density at radius 2 is 2.26 bits per heavy atom. The average Bonchev–Trinajstić information content (AvgIpc) is 2.47. The van der Waals surface area contributed by atoms with Gasteiger partial charge in [-0.05, 0) is 32.0 Å². The summed E-state index contributed by atoms with van der Waals surface area (Å²) in [6, 6.07) is 3.44. The fraction of sp³-hybridized carbons (Fsp3) is 0.538. The van der Waals surface area contributed by atoms with Gasteiger partial charge in [-0.2, -0.15) is 0 Å². The summed E-state index contributed by atoms with van der Waals surface area (Å²) in [5.74, 6) is 0.356. The van der Waals surface area contributed by atoms with Gasteiger partial charge in [-0.1, -0.05) is 0 Å². The van der Waals surface area contributed by atoms with E-state index >= 15 is 0 Å². The maximum Gasteiger partial charge on any atom is 0.250 e. The van der Waals surface area contributed by atoms with Crippen molar-refractivity contribution in [3.63, 3.8) is 0 Å². The van der Waals surface area contributed by atoms with Crippen LogP contribution in [0.5, 0.6) is 5.88 Å². The molecule has 1 aromatic heterocycles. The molecule has 0 aliphatic carbocycles. The van der Waals surface area contributed by atoms with Crippen LogP contribution in [0.4, 0.5) is 5.69 Å². The fourth-order valence-electron chi connectivity index (χ4n) is 1.93.